The fourth-order valence-corrected chi connectivity index (χ4v) is 3.55. The minimum Gasteiger partial charge on any atom is -0.393 e. The average molecular weight is 307 g/mol. The van der Waals surface area contributed by atoms with Crippen LogP contribution in [0.3, 0.4) is 0 Å². The first-order valence-electron chi connectivity index (χ1n) is 7.91. The Bertz CT molecular complexity index is 563. The maximum absolute atomic E-state index is 14.1. The van der Waals surface area contributed by atoms with Gasteiger partial charge in [-0.25, -0.2) is 4.39 Å². The number of likely N-dealkylation sites (tertiary alicyclic amines) is 1. The third-order valence-electron chi connectivity index (χ3n) is 4.77. The number of carbonyl (C=O) groups is 1. The summed E-state index contributed by atoms with van der Waals surface area (Å²) >= 11 is 0. The first kappa shape index (κ1) is 15.4. The SMILES string of the molecule is Cc1ccc(C(=O)N2CCC[C@@H]2[C@@H]2COCC[C@@H]2O)c(F)c1. The predicted molar refractivity (Wildman–Crippen MR) is 80.1 cm³/mol. The highest BCUT2D eigenvalue weighted by Crippen LogP contribution is 2.31. The van der Waals surface area contributed by atoms with Crippen molar-refractivity contribution >= 4 is 5.91 Å². The van der Waals surface area contributed by atoms with Gasteiger partial charge < -0.3 is 14.7 Å². The van der Waals surface area contributed by atoms with E-state index in [1.165, 1.54) is 6.07 Å². The Morgan fingerprint density at radius 3 is 2.95 bits per heavy atom. The molecule has 3 atom stereocenters. The summed E-state index contributed by atoms with van der Waals surface area (Å²) in [6, 6.07) is 4.62. The summed E-state index contributed by atoms with van der Waals surface area (Å²) in [5.41, 5.74) is 0.909. The van der Waals surface area contributed by atoms with Gasteiger partial charge in [0.1, 0.15) is 5.82 Å². The van der Waals surface area contributed by atoms with Crippen molar-refractivity contribution in [3.05, 3.63) is 35.1 Å². The Balaban J connectivity index is 1.81. The van der Waals surface area contributed by atoms with Crippen molar-refractivity contribution in [1.29, 1.82) is 0 Å². The van der Waals surface area contributed by atoms with Crippen LogP contribution < -0.4 is 0 Å². The van der Waals surface area contributed by atoms with Crippen LogP contribution in [0.2, 0.25) is 0 Å². The monoisotopic (exact) mass is 307 g/mol. The van der Waals surface area contributed by atoms with Crippen LogP contribution in [0.1, 0.15) is 35.2 Å². The molecule has 0 aliphatic carbocycles. The number of aliphatic hydroxyl groups excluding tert-OH is 1. The van der Waals surface area contributed by atoms with Crippen molar-refractivity contribution in [2.45, 2.75) is 38.3 Å². The van der Waals surface area contributed by atoms with Crippen molar-refractivity contribution in [3.63, 3.8) is 0 Å². The number of ether oxygens (including phenoxy) is 1. The molecule has 0 saturated carbocycles. The Labute approximate surface area is 129 Å². The van der Waals surface area contributed by atoms with Crippen molar-refractivity contribution in [2.24, 2.45) is 5.92 Å². The number of aryl methyl sites for hydroxylation is 1. The van der Waals surface area contributed by atoms with Gasteiger partial charge in [-0.3, -0.25) is 4.79 Å². The van der Waals surface area contributed by atoms with Crippen molar-refractivity contribution in [3.8, 4) is 0 Å². The fraction of sp³-hybridized carbons (Fsp3) is 0.588. The van der Waals surface area contributed by atoms with Gasteiger partial charge in [-0.15, -0.1) is 0 Å². The smallest absolute Gasteiger partial charge is 0.257 e. The summed E-state index contributed by atoms with van der Waals surface area (Å²) in [5, 5.41) is 10.2. The second kappa shape index (κ2) is 6.34. The molecule has 1 amide bonds. The molecule has 0 spiro atoms. The Morgan fingerprint density at radius 1 is 1.41 bits per heavy atom. The lowest BCUT2D eigenvalue weighted by Crippen LogP contribution is -2.48. The van der Waals surface area contributed by atoms with Crippen LogP contribution in [-0.4, -0.2) is 47.8 Å². The van der Waals surface area contributed by atoms with Crippen LogP contribution >= 0.6 is 0 Å². The molecule has 120 valence electrons. The number of hydrogen-bond acceptors (Lipinski definition) is 3. The molecular weight excluding hydrogens is 285 g/mol. The second-order valence-corrected chi connectivity index (χ2v) is 6.29. The average Bonchev–Trinajstić information content (AvgIpc) is 2.96. The molecule has 1 N–H and O–H groups in total. The molecule has 5 heteroatoms. The maximum Gasteiger partial charge on any atom is 0.257 e. The summed E-state index contributed by atoms with van der Waals surface area (Å²) in [5.74, 6) is -0.831. The minimum atomic E-state index is -0.476. The molecule has 1 aromatic carbocycles. The zero-order valence-electron chi connectivity index (χ0n) is 12.8. The molecule has 3 rings (SSSR count). The van der Waals surface area contributed by atoms with Crippen LogP contribution in [0.5, 0.6) is 0 Å². The van der Waals surface area contributed by atoms with E-state index in [1.54, 1.807) is 24.0 Å². The fourth-order valence-electron chi connectivity index (χ4n) is 3.55. The third-order valence-corrected chi connectivity index (χ3v) is 4.77. The maximum atomic E-state index is 14.1. The number of rotatable bonds is 2. The van der Waals surface area contributed by atoms with Crippen molar-refractivity contribution < 1.29 is 19.0 Å². The van der Waals surface area contributed by atoms with Crippen molar-refractivity contribution in [1.82, 2.24) is 4.90 Å². The van der Waals surface area contributed by atoms with E-state index in [9.17, 15) is 14.3 Å². The number of amides is 1. The third kappa shape index (κ3) is 2.88. The first-order chi connectivity index (χ1) is 10.6. The topological polar surface area (TPSA) is 49.8 Å². The number of halogens is 1. The van der Waals surface area contributed by atoms with Gasteiger partial charge in [0.25, 0.3) is 5.91 Å². The molecular formula is C17H22FNO3. The summed E-state index contributed by atoms with van der Waals surface area (Å²) < 4.78 is 19.5. The summed E-state index contributed by atoms with van der Waals surface area (Å²) in [6.45, 7) is 3.43. The van der Waals surface area contributed by atoms with E-state index < -0.39 is 11.9 Å². The van der Waals surface area contributed by atoms with Crippen LogP contribution in [0.4, 0.5) is 4.39 Å². The molecule has 2 fully saturated rings. The highest BCUT2D eigenvalue weighted by atomic mass is 19.1. The van der Waals surface area contributed by atoms with Gasteiger partial charge >= 0.3 is 0 Å². The van der Waals surface area contributed by atoms with Crippen LogP contribution in [-0.2, 0) is 4.74 Å². The zero-order chi connectivity index (χ0) is 15.7. The number of nitrogens with zero attached hydrogens (tertiary/aromatic N) is 1. The molecule has 0 radical (unpaired) electrons. The van der Waals surface area contributed by atoms with Crippen LogP contribution in [0.25, 0.3) is 0 Å². The lowest BCUT2D eigenvalue weighted by Gasteiger charge is -2.37. The zero-order valence-corrected chi connectivity index (χ0v) is 12.8. The number of carbonyl (C=O) groups excluding carboxylic acids is 1. The molecule has 2 aliphatic rings. The lowest BCUT2D eigenvalue weighted by molar-refractivity contribution is -0.0589. The molecule has 2 heterocycles. The summed E-state index contributed by atoms with van der Waals surface area (Å²) in [7, 11) is 0. The summed E-state index contributed by atoms with van der Waals surface area (Å²) in [6.07, 6.45) is 1.87. The Kier molecular flexibility index (Phi) is 4.45. The van der Waals surface area contributed by atoms with Crippen molar-refractivity contribution in [2.75, 3.05) is 19.8 Å². The van der Waals surface area contributed by atoms with E-state index in [4.69, 9.17) is 4.74 Å². The van der Waals surface area contributed by atoms with E-state index >= 15 is 0 Å². The normalized spacial score (nSPS) is 28.9. The van der Waals surface area contributed by atoms with Gasteiger partial charge in [0, 0.05) is 25.1 Å². The van der Waals surface area contributed by atoms with E-state index in [0.717, 1.165) is 18.4 Å². The van der Waals surface area contributed by atoms with Crippen LogP contribution in [0.15, 0.2) is 18.2 Å². The summed E-state index contributed by atoms with van der Waals surface area (Å²) in [4.78, 5) is 14.4. The predicted octanol–water partition coefficient (Wildman–Crippen LogP) is 2.14. The van der Waals surface area contributed by atoms with Gasteiger partial charge in [-0.1, -0.05) is 6.07 Å². The molecule has 2 saturated heterocycles. The Hall–Kier alpha value is -1.46. The molecule has 4 nitrogen and oxygen atoms in total. The highest BCUT2D eigenvalue weighted by molar-refractivity contribution is 5.95. The Morgan fingerprint density at radius 2 is 2.23 bits per heavy atom. The lowest BCUT2D eigenvalue weighted by atomic mass is 9.89. The standard InChI is InChI=1S/C17H22FNO3/c1-11-4-5-12(14(18)9-11)17(21)19-7-2-3-15(19)13-10-22-8-6-16(13)20/h4-5,9,13,15-16,20H,2-3,6-8,10H2,1H3/t13-,15+,16-/m0/s1. The molecule has 22 heavy (non-hydrogen) atoms. The molecule has 0 bridgehead atoms. The molecule has 2 aliphatic heterocycles. The minimum absolute atomic E-state index is 0.0662. The largest absolute Gasteiger partial charge is 0.393 e. The van der Waals surface area contributed by atoms with Crippen LogP contribution in [0, 0.1) is 18.7 Å². The second-order valence-electron chi connectivity index (χ2n) is 6.29. The number of hydrogen-bond donors (Lipinski definition) is 1. The van der Waals surface area contributed by atoms with E-state index in [2.05, 4.69) is 0 Å². The van der Waals surface area contributed by atoms with E-state index in [1.807, 2.05) is 0 Å². The number of aliphatic hydroxyl groups is 1. The molecule has 0 aromatic heterocycles. The quantitative estimate of drug-likeness (QED) is 0.910. The van der Waals surface area contributed by atoms with Gasteiger partial charge in [0.2, 0.25) is 0 Å². The first-order valence-corrected chi connectivity index (χ1v) is 7.91. The van der Waals surface area contributed by atoms with Gasteiger partial charge in [-0.2, -0.15) is 0 Å². The van der Waals surface area contributed by atoms with Gasteiger partial charge in [0.15, 0.2) is 0 Å². The van der Waals surface area contributed by atoms with E-state index in [-0.39, 0.29) is 23.4 Å². The van der Waals surface area contributed by atoms with E-state index in [0.29, 0.717) is 26.2 Å². The molecule has 0 unspecified atom stereocenters. The molecule has 1 aromatic rings. The number of benzene rings is 1. The van der Waals surface area contributed by atoms with Gasteiger partial charge in [-0.05, 0) is 43.9 Å². The highest BCUT2D eigenvalue weighted by Gasteiger charge is 2.40. The van der Waals surface area contributed by atoms with Gasteiger partial charge in [0.05, 0.1) is 18.3 Å².